The van der Waals surface area contributed by atoms with Gasteiger partial charge in [-0.2, -0.15) is 0 Å². The highest BCUT2D eigenvalue weighted by Gasteiger charge is 2.21. The maximum atomic E-state index is 12.5. The molecule has 0 bridgehead atoms. The number of sulfonamides is 1. The SMILES string of the molecule is COc1ccc2c(COC(=O)c3ccc(S(=O)(=O)NCC4CCCO4)cc3)cc(=O)oc2c1. The van der Waals surface area contributed by atoms with Crippen molar-refractivity contribution in [2.24, 2.45) is 0 Å². The molecule has 1 N–H and O–H groups in total. The smallest absolute Gasteiger partial charge is 0.338 e. The minimum Gasteiger partial charge on any atom is -0.497 e. The number of hydrogen-bond donors (Lipinski definition) is 1. The van der Waals surface area contributed by atoms with E-state index in [2.05, 4.69) is 4.72 Å². The molecule has 2 aromatic carbocycles. The summed E-state index contributed by atoms with van der Waals surface area (Å²) in [6, 6.07) is 11.7. The molecule has 1 aliphatic heterocycles. The lowest BCUT2D eigenvalue weighted by molar-refractivity contribution is 0.0473. The van der Waals surface area contributed by atoms with Crippen molar-refractivity contribution in [2.75, 3.05) is 20.3 Å². The molecule has 1 aliphatic rings. The van der Waals surface area contributed by atoms with Crippen molar-refractivity contribution < 1.29 is 31.8 Å². The van der Waals surface area contributed by atoms with Gasteiger partial charge < -0.3 is 18.6 Å². The quantitative estimate of drug-likeness (QED) is 0.391. The van der Waals surface area contributed by atoms with Crippen LogP contribution in [0, 0.1) is 0 Å². The molecule has 0 radical (unpaired) electrons. The zero-order chi connectivity index (χ0) is 23.4. The molecule has 1 atom stereocenters. The van der Waals surface area contributed by atoms with E-state index in [4.69, 9.17) is 18.6 Å². The van der Waals surface area contributed by atoms with E-state index in [-0.39, 0.29) is 29.7 Å². The van der Waals surface area contributed by atoms with Gasteiger partial charge in [-0.05, 0) is 49.2 Å². The van der Waals surface area contributed by atoms with Gasteiger partial charge in [0.25, 0.3) is 0 Å². The number of ether oxygens (including phenoxy) is 3. The van der Waals surface area contributed by atoms with Crippen LogP contribution < -0.4 is 15.1 Å². The first kappa shape index (κ1) is 23.0. The van der Waals surface area contributed by atoms with E-state index in [1.165, 1.54) is 37.4 Å². The monoisotopic (exact) mass is 473 g/mol. The topological polar surface area (TPSA) is 121 Å². The lowest BCUT2D eigenvalue weighted by Gasteiger charge is -2.12. The number of esters is 1. The Bertz CT molecular complexity index is 1310. The first-order valence-electron chi connectivity index (χ1n) is 10.3. The Balaban J connectivity index is 1.42. The van der Waals surface area contributed by atoms with Crippen LogP contribution in [0.2, 0.25) is 0 Å². The molecule has 0 saturated carbocycles. The highest BCUT2D eigenvalue weighted by Crippen LogP contribution is 2.23. The van der Waals surface area contributed by atoms with Crippen molar-refractivity contribution in [3.8, 4) is 5.75 Å². The summed E-state index contributed by atoms with van der Waals surface area (Å²) in [6.45, 7) is 0.689. The highest BCUT2D eigenvalue weighted by molar-refractivity contribution is 7.89. The Morgan fingerprint density at radius 1 is 1.15 bits per heavy atom. The maximum absolute atomic E-state index is 12.5. The zero-order valence-corrected chi connectivity index (χ0v) is 18.7. The fourth-order valence-electron chi connectivity index (χ4n) is 3.54. The molecule has 3 aromatic rings. The van der Waals surface area contributed by atoms with E-state index < -0.39 is 21.6 Å². The number of nitrogens with one attached hydrogen (secondary N) is 1. The molecular weight excluding hydrogens is 450 g/mol. The number of methoxy groups -OCH3 is 1. The Kier molecular flexibility index (Phi) is 6.77. The average molecular weight is 474 g/mol. The van der Waals surface area contributed by atoms with Gasteiger partial charge in [-0.15, -0.1) is 0 Å². The van der Waals surface area contributed by atoms with Gasteiger partial charge in [0.1, 0.15) is 17.9 Å². The number of carbonyl (C=O) groups excluding carboxylic acids is 1. The lowest BCUT2D eigenvalue weighted by atomic mass is 10.1. The molecule has 174 valence electrons. The number of carbonyl (C=O) groups is 1. The predicted molar refractivity (Wildman–Crippen MR) is 119 cm³/mol. The third-order valence-corrected chi connectivity index (χ3v) is 6.76. The highest BCUT2D eigenvalue weighted by atomic mass is 32.2. The summed E-state index contributed by atoms with van der Waals surface area (Å²) >= 11 is 0. The van der Waals surface area contributed by atoms with Crippen LogP contribution in [0.5, 0.6) is 5.75 Å². The van der Waals surface area contributed by atoms with E-state index in [1.807, 2.05) is 0 Å². The van der Waals surface area contributed by atoms with Crippen molar-refractivity contribution in [3.63, 3.8) is 0 Å². The molecule has 1 aromatic heterocycles. The number of rotatable bonds is 8. The second-order valence-electron chi connectivity index (χ2n) is 7.54. The van der Waals surface area contributed by atoms with Crippen LogP contribution in [-0.2, 0) is 26.1 Å². The van der Waals surface area contributed by atoms with Gasteiger partial charge >= 0.3 is 11.6 Å². The molecule has 0 amide bonds. The Hall–Kier alpha value is -3.21. The molecule has 1 unspecified atom stereocenters. The van der Waals surface area contributed by atoms with Gasteiger partial charge in [-0.25, -0.2) is 22.7 Å². The first-order valence-corrected chi connectivity index (χ1v) is 11.8. The molecule has 33 heavy (non-hydrogen) atoms. The largest absolute Gasteiger partial charge is 0.497 e. The molecule has 9 nitrogen and oxygen atoms in total. The maximum Gasteiger partial charge on any atom is 0.338 e. The summed E-state index contributed by atoms with van der Waals surface area (Å²) in [5, 5.41) is 0.613. The molecule has 4 rings (SSSR count). The first-order chi connectivity index (χ1) is 15.9. The predicted octanol–water partition coefficient (Wildman–Crippen LogP) is 2.62. The second-order valence-corrected chi connectivity index (χ2v) is 9.31. The van der Waals surface area contributed by atoms with Crippen molar-refractivity contribution in [1.29, 1.82) is 0 Å². The molecule has 2 heterocycles. The van der Waals surface area contributed by atoms with Crippen LogP contribution in [0.1, 0.15) is 28.8 Å². The third-order valence-electron chi connectivity index (χ3n) is 5.32. The molecule has 1 fully saturated rings. The average Bonchev–Trinajstić information content (AvgIpc) is 3.34. The van der Waals surface area contributed by atoms with Gasteiger partial charge in [0.05, 0.1) is 23.7 Å². The number of hydrogen-bond acceptors (Lipinski definition) is 8. The Labute approximate surface area is 190 Å². The van der Waals surface area contributed by atoms with Crippen LogP contribution in [-0.4, -0.2) is 40.8 Å². The fourth-order valence-corrected chi connectivity index (χ4v) is 4.61. The molecule has 0 aliphatic carbocycles. The lowest BCUT2D eigenvalue weighted by Crippen LogP contribution is -2.31. The van der Waals surface area contributed by atoms with Crippen molar-refractivity contribution in [3.05, 3.63) is 70.1 Å². The van der Waals surface area contributed by atoms with Crippen molar-refractivity contribution >= 4 is 27.0 Å². The summed E-state index contributed by atoms with van der Waals surface area (Å²) in [7, 11) is -2.22. The molecule has 10 heteroatoms. The molecule has 0 spiro atoms. The van der Waals surface area contributed by atoms with Crippen LogP contribution in [0.3, 0.4) is 0 Å². The normalized spacial score (nSPS) is 16.1. The van der Waals surface area contributed by atoms with Crippen molar-refractivity contribution in [2.45, 2.75) is 30.4 Å². The fraction of sp³-hybridized carbons (Fsp3) is 0.304. The van der Waals surface area contributed by atoms with Crippen molar-refractivity contribution in [1.82, 2.24) is 4.72 Å². The molecule has 1 saturated heterocycles. The van der Waals surface area contributed by atoms with E-state index >= 15 is 0 Å². The van der Waals surface area contributed by atoms with Crippen LogP contribution in [0.4, 0.5) is 0 Å². The van der Waals surface area contributed by atoms with Gasteiger partial charge in [0.2, 0.25) is 10.0 Å². The van der Waals surface area contributed by atoms with E-state index in [0.29, 0.717) is 28.9 Å². The van der Waals surface area contributed by atoms with Gasteiger partial charge in [0, 0.05) is 36.2 Å². The molecular formula is C23H23NO8S. The second kappa shape index (κ2) is 9.74. The minimum atomic E-state index is -3.72. The van der Waals surface area contributed by atoms with Crippen LogP contribution in [0.15, 0.2) is 62.6 Å². The summed E-state index contributed by atoms with van der Waals surface area (Å²) in [6.07, 6.45) is 1.62. The minimum absolute atomic E-state index is 0.0395. The van der Waals surface area contributed by atoms with E-state index in [1.54, 1.807) is 18.2 Å². The Morgan fingerprint density at radius 2 is 1.94 bits per heavy atom. The van der Waals surface area contributed by atoms with Gasteiger partial charge in [-0.3, -0.25) is 0 Å². The Morgan fingerprint density at radius 3 is 2.64 bits per heavy atom. The standard InChI is InChI=1S/C23H23NO8S/c1-29-17-6-9-20-16(11-22(25)32-21(20)12-17)14-31-23(26)15-4-7-19(8-5-15)33(27,28)24-13-18-3-2-10-30-18/h4-9,11-12,18,24H,2-3,10,13-14H2,1H3. The summed E-state index contributed by atoms with van der Waals surface area (Å²) in [5.41, 5.74) is 0.404. The van der Waals surface area contributed by atoms with Crippen LogP contribution >= 0.6 is 0 Å². The third kappa shape index (κ3) is 5.41. The number of benzene rings is 2. The summed E-state index contributed by atoms with van der Waals surface area (Å²) in [4.78, 5) is 24.4. The zero-order valence-electron chi connectivity index (χ0n) is 17.9. The van der Waals surface area contributed by atoms with Gasteiger partial charge in [-0.1, -0.05) is 0 Å². The van der Waals surface area contributed by atoms with E-state index in [0.717, 1.165) is 12.8 Å². The van der Waals surface area contributed by atoms with Crippen LogP contribution in [0.25, 0.3) is 11.0 Å². The summed E-state index contributed by atoms with van der Waals surface area (Å²) in [5.74, 6) is -0.124. The summed E-state index contributed by atoms with van der Waals surface area (Å²) < 4.78 is 48.5. The van der Waals surface area contributed by atoms with E-state index in [9.17, 15) is 18.0 Å². The number of fused-ring (bicyclic) bond motifs is 1. The van der Waals surface area contributed by atoms with Gasteiger partial charge in [0.15, 0.2) is 0 Å².